The van der Waals surface area contributed by atoms with E-state index in [1.807, 2.05) is 44.2 Å². The van der Waals surface area contributed by atoms with Gasteiger partial charge in [-0.15, -0.1) is 0 Å². The third-order valence-electron chi connectivity index (χ3n) is 5.94. The molecule has 2 heterocycles. The molecule has 8 heteroatoms. The maximum atomic E-state index is 13.3. The summed E-state index contributed by atoms with van der Waals surface area (Å²) in [5.41, 5.74) is 4.65. The Hall–Kier alpha value is -3.97. The number of amides is 2. The lowest BCUT2D eigenvalue weighted by Gasteiger charge is -2.23. The van der Waals surface area contributed by atoms with E-state index in [4.69, 9.17) is 21.1 Å². The second-order valence-corrected chi connectivity index (χ2v) is 9.08. The number of fused-ring (bicyclic) bond motifs is 2. The number of aryl methyl sites for hydroxylation is 2. The highest BCUT2D eigenvalue weighted by atomic mass is 35.5. The molecule has 0 aliphatic carbocycles. The molecular weight excluding hydrogens is 466 g/mol. The first-order valence-electron chi connectivity index (χ1n) is 11.2. The molecule has 0 atom stereocenters. The number of benzene rings is 3. The van der Waals surface area contributed by atoms with Crippen molar-refractivity contribution in [2.75, 3.05) is 12.1 Å². The first kappa shape index (κ1) is 22.8. The summed E-state index contributed by atoms with van der Waals surface area (Å²) in [6.45, 7) is 4.56. The minimum absolute atomic E-state index is 0.118. The fourth-order valence-electron chi connectivity index (χ4n) is 4.23. The number of anilines is 1. The quantitative estimate of drug-likeness (QED) is 0.373. The Morgan fingerprint density at radius 3 is 2.57 bits per heavy atom. The van der Waals surface area contributed by atoms with Gasteiger partial charge in [0, 0.05) is 33.7 Å². The van der Waals surface area contributed by atoms with Crippen LogP contribution in [0.5, 0.6) is 11.5 Å². The van der Waals surface area contributed by atoms with Crippen LogP contribution in [-0.4, -0.2) is 22.7 Å². The van der Waals surface area contributed by atoms with Gasteiger partial charge in [0.1, 0.15) is 0 Å². The number of pyridine rings is 1. The Morgan fingerprint density at radius 1 is 1.00 bits per heavy atom. The van der Waals surface area contributed by atoms with Crippen molar-refractivity contribution in [3.8, 4) is 11.5 Å². The van der Waals surface area contributed by atoms with Crippen LogP contribution in [0, 0.1) is 13.8 Å². The number of carbonyl (C=O) groups is 1. The van der Waals surface area contributed by atoms with E-state index in [2.05, 4.69) is 16.4 Å². The number of urea groups is 1. The molecule has 0 radical (unpaired) electrons. The highest BCUT2D eigenvalue weighted by Crippen LogP contribution is 2.33. The van der Waals surface area contributed by atoms with Crippen LogP contribution in [0.3, 0.4) is 0 Å². The van der Waals surface area contributed by atoms with Gasteiger partial charge in [-0.25, -0.2) is 4.79 Å². The van der Waals surface area contributed by atoms with E-state index in [9.17, 15) is 9.59 Å². The first-order valence-corrected chi connectivity index (χ1v) is 11.6. The van der Waals surface area contributed by atoms with Crippen LogP contribution in [0.25, 0.3) is 10.9 Å². The Kier molecular flexibility index (Phi) is 6.09. The predicted molar refractivity (Wildman–Crippen MR) is 136 cm³/mol. The van der Waals surface area contributed by atoms with E-state index in [-0.39, 0.29) is 31.5 Å². The molecule has 0 saturated heterocycles. The van der Waals surface area contributed by atoms with E-state index in [0.29, 0.717) is 27.8 Å². The molecule has 0 saturated carbocycles. The predicted octanol–water partition coefficient (Wildman–Crippen LogP) is 5.76. The molecule has 2 N–H and O–H groups in total. The Bertz CT molecular complexity index is 1480. The number of halogens is 1. The van der Waals surface area contributed by atoms with Crippen molar-refractivity contribution in [3.63, 3.8) is 0 Å². The lowest BCUT2D eigenvalue weighted by molar-refractivity contribution is 0.174. The average Bonchev–Trinajstić information content (AvgIpc) is 3.29. The maximum Gasteiger partial charge on any atom is 0.322 e. The molecular formula is C27H24ClN3O4. The second kappa shape index (κ2) is 9.35. The minimum atomic E-state index is -0.342. The normalized spacial score (nSPS) is 12.1. The monoisotopic (exact) mass is 489 g/mol. The fraction of sp³-hybridized carbons (Fsp3) is 0.185. The molecule has 178 valence electrons. The van der Waals surface area contributed by atoms with Gasteiger partial charge in [0.2, 0.25) is 6.79 Å². The van der Waals surface area contributed by atoms with Gasteiger partial charge >= 0.3 is 6.03 Å². The van der Waals surface area contributed by atoms with Gasteiger partial charge in [-0.1, -0.05) is 23.7 Å². The van der Waals surface area contributed by atoms with E-state index >= 15 is 0 Å². The number of H-pyrrole nitrogens is 1. The zero-order chi connectivity index (χ0) is 24.5. The average molecular weight is 490 g/mol. The van der Waals surface area contributed by atoms with Gasteiger partial charge in [-0.05, 0) is 79.1 Å². The molecule has 2 amide bonds. The SMILES string of the molecule is Cc1cc(C)c2cc(CN(Cc3ccc4c(c3)OCO4)C(=O)Nc3ccc(Cl)cc3)c(=O)[nH]c2c1. The minimum Gasteiger partial charge on any atom is -0.454 e. The van der Waals surface area contributed by atoms with Crippen LogP contribution >= 0.6 is 11.6 Å². The van der Waals surface area contributed by atoms with Crippen molar-refractivity contribution < 1.29 is 14.3 Å². The Morgan fingerprint density at radius 2 is 1.77 bits per heavy atom. The van der Waals surface area contributed by atoms with Crippen LogP contribution in [-0.2, 0) is 13.1 Å². The van der Waals surface area contributed by atoms with E-state index in [1.165, 1.54) is 0 Å². The fourth-order valence-corrected chi connectivity index (χ4v) is 4.36. The van der Waals surface area contributed by atoms with E-state index in [0.717, 1.165) is 27.6 Å². The first-order chi connectivity index (χ1) is 16.9. The van der Waals surface area contributed by atoms with Gasteiger partial charge < -0.3 is 24.7 Å². The third-order valence-corrected chi connectivity index (χ3v) is 6.20. The Labute approximate surface area is 207 Å². The summed E-state index contributed by atoms with van der Waals surface area (Å²) in [7, 11) is 0. The number of nitrogens with one attached hydrogen (secondary N) is 2. The van der Waals surface area contributed by atoms with Crippen molar-refractivity contribution >= 4 is 34.2 Å². The van der Waals surface area contributed by atoms with Crippen molar-refractivity contribution in [1.82, 2.24) is 9.88 Å². The van der Waals surface area contributed by atoms with Gasteiger partial charge in [0.05, 0.1) is 6.54 Å². The molecule has 0 unspecified atom stereocenters. The summed E-state index contributed by atoms with van der Waals surface area (Å²) in [5, 5.41) is 4.43. The number of ether oxygens (including phenoxy) is 2. The summed E-state index contributed by atoms with van der Waals surface area (Å²) in [6, 6.07) is 18.0. The van der Waals surface area contributed by atoms with Crippen LogP contribution < -0.4 is 20.3 Å². The van der Waals surface area contributed by atoms with Gasteiger partial charge in [0.25, 0.3) is 5.56 Å². The van der Waals surface area contributed by atoms with Crippen LogP contribution in [0.1, 0.15) is 22.3 Å². The molecule has 0 fully saturated rings. The van der Waals surface area contributed by atoms with Gasteiger partial charge in [-0.3, -0.25) is 4.79 Å². The molecule has 35 heavy (non-hydrogen) atoms. The lowest BCUT2D eigenvalue weighted by atomic mass is 10.0. The second-order valence-electron chi connectivity index (χ2n) is 8.65. The number of rotatable bonds is 5. The van der Waals surface area contributed by atoms with Crippen molar-refractivity contribution in [2.45, 2.75) is 26.9 Å². The van der Waals surface area contributed by atoms with Crippen molar-refractivity contribution in [2.24, 2.45) is 0 Å². The molecule has 4 aromatic rings. The molecule has 7 nitrogen and oxygen atoms in total. The summed E-state index contributed by atoms with van der Waals surface area (Å²) >= 11 is 5.98. The number of hydrogen-bond acceptors (Lipinski definition) is 4. The summed E-state index contributed by atoms with van der Waals surface area (Å²) in [5.74, 6) is 1.30. The molecule has 1 aliphatic heterocycles. The molecule has 3 aromatic carbocycles. The number of aromatic nitrogens is 1. The molecule has 5 rings (SSSR count). The smallest absolute Gasteiger partial charge is 0.322 e. The maximum absolute atomic E-state index is 13.3. The van der Waals surface area contributed by atoms with Crippen molar-refractivity contribution in [1.29, 1.82) is 0 Å². The zero-order valence-corrected chi connectivity index (χ0v) is 20.1. The highest BCUT2D eigenvalue weighted by molar-refractivity contribution is 6.30. The third kappa shape index (κ3) is 4.95. The molecule has 0 bridgehead atoms. The number of hydrogen-bond donors (Lipinski definition) is 2. The van der Waals surface area contributed by atoms with Gasteiger partial charge in [0.15, 0.2) is 11.5 Å². The largest absolute Gasteiger partial charge is 0.454 e. The number of nitrogens with zero attached hydrogens (tertiary/aromatic N) is 1. The van der Waals surface area contributed by atoms with Crippen molar-refractivity contribution in [3.05, 3.63) is 98.3 Å². The topological polar surface area (TPSA) is 83.7 Å². The van der Waals surface area contributed by atoms with Crippen LogP contribution in [0.4, 0.5) is 10.5 Å². The molecule has 0 spiro atoms. The number of carbonyl (C=O) groups excluding carboxylic acids is 1. The molecule has 1 aliphatic rings. The Balaban J connectivity index is 1.47. The standard InChI is InChI=1S/C27H24ClN3O4/c1-16-9-17(2)22-12-19(26(32)30-23(22)10-16)14-31(27(33)29-21-6-4-20(28)5-7-21)13-18-3-8-24-25(11-18)35-15-34-24/h3-12H,13-15H2,1-2H3,(H,29,33)(H,30,32). The number of aromatic amines is 1. The van der Waals surface area contributed by atoms with E-state index in [1.54, 1.807) is 29.2 Å². The zero-order valence-electron chi connectivity index (χ0n) is 19.4. The van der Waals surface area contributed by atoms with Gasteiger partial charge in [-0.2, -0.15) is 0 Å². The highest BCUT2D eigenvalue weighted by Gasteiger charge is 2.20. The lowest BCUT2D eigenvalue weighted by Crippen LogP contribution is -2.35. The van der Waals surface area contributed by atoms with E-state index < -0.39 is 0 Å². The van der Waals surface area contributed by atoms with Crippen LogP contribution in [0.15, 0.2) is 65.5 Å². The summed E-state index contributed by atoms with van der Waals surface area (Å²) < 4.78 is 10.9. The summed E-state index contributed by atoms with van der Waals surface area (Å²) in [6.07, 6.45) is 0. The summed E-state index contributed by atoms with van der Waals surface area (Å²) in [4.78, 5) is 30.9. The molecule has 1 aromatic heterocycles. The van der Waals surface area contributed by atoms with Crippen LogP contribution in [0.2, 0.25) is 5.02 Å².